The maximum Gasteiger partial charge on any atom is 0.305 e. The molecule has 1 rings (SSSR count). The molecular weight excluding hydrogens is 259 g/mol. The van der Waals surface area contributed by atoms with Gasteiger partial charge < -0.3 is 4.74 Å². The highest BCUT2D eigenvalue weighted by Gasteiger charge is 2.06. The Morgan fingerprint density at radius 3 is 2.45 bits per heavy atom. The van der Waals surface area contributed by atoms with Crippen LogP contribution < -0.4 is 0 Å². The van der Waals surface area contributed by atoms with E-state index in [-0.39, 0.29) is 17.6 Å². The fraction of sp³-hybridized carbons (Fsp3) is 0.500. The molecule has 0 aliphatic heterocycles. The molecule has 0 saturated carbocycles. The summed E-state index contributed by atoms with van der Waals surface area (Å²) in [6.07, 6.45) is 4.19. The van der Waals surface area contributed by atoms with Crippen molar-refractivity contribution in [1.29, 1.82) is 0 Å². The normalized spacial score (nSPS) is 10.3. The van der Waals surface area contributed by atoms with Crippen LogP contribution in [0, 0.1) is 5.82 Å². The van der Waals surface area contributed by atoms with E-state index in [0.717, 1.165) is 25.7 Å². The molecule has 0 aromatic heterocycles. The van der Waals surface area contributed by atoms with E-state index in [1.807, 2.05) is 0 Å². The Labute approximate surface area is 119 Å². The van der Waals surface area contributed by atoms with Crippen LogP contribution in [0.15, 0.2) is 24.3 Å². The third-order valence-electron chi connectivity index (χ3n) is 2.99. The molecule has 20 heavy (non-hydrogen) atoms. The Hall–Kier alpha value is -1.71. The average molecular weight is 280 g/mol. The minimum absolute atomic E-state index is 0.0325. The number of halogens is 1. The summed E-state index contributed by atoms with van der Waals surface area (Å²) in [5.41, 5.74) is 0.427. The molecule has 0 aliphatic rings. The van der Waals surface area contributed by atoms with Crippen molar-refractivity contribution in [2.24, 2.45) is 0 Å². The van der Waals surface area contributed by atoms with Gasteiger partial charge in [-0.2, -0.15) is 0 Å². The van der Waals surface area contributed by atoms with Crippen molar-refractivity contribution in [1.82, 2.24) is 0 Å². The summed E-state index contributed by atoms with van der Waals surface area (Å²) in [6, 6.07) is 5.77. The number of hydrogen-bond donors (Lipinski definition) is 0. The summed E-state index contributed by atoms with van der Waals surface area (Å²) in [4.78, 5) is 22.9. The monoisotopic (exact) mass is 280 g/mol. The van der Waals surface area contributed by atoms with E-state index in [0.29, 0.717) is 25.0 Å². The smallest absolute Gasteiger partial charge is 0.305 e. The van der Waals surface area contributed by atoms with Gasteiger partial charge in [0.15, 0.2) is 5.78 Å². The predicted molar refractivity (Wildman–Crippen MR) is 75.1 cm³/mol. The summed E-state index contributed by atoms with van der Waals surface area (Å²) < 4.78 is 17.8. The molecule has 0 unspecified atom stereocenters. The van der Waals surface area contributed by atoms with E-state index < -0.39 is 0 Å². The highest BCUT2D eigenvalue weighted by Crippen LogP contribution is 2.11. The highest BCUT2D eigenvalue weighted by molar-refractivity contribution is 5.95. The Morgan fingerprint density at radius 2 is 1.80 bits per heavy atom. The lowest BCUT2D eigenvalue weighted by Crippen LogP contribution is -2.03. The zero-order valence-electron chi connectivity index (χ0n) is 11.9. The third-order valence-corrected chi connectivity index (χ3v) is 2.99. The van der Waals surface area contributed by atoms with Crippen molar-refractivity contribution in [2.75, 3.05) is 6.61 Å². The van der Waals surface area contributed by atoms with Gasteiger partial charge in [-0.15, -0.1) is 0 Å². The summed E-state index contributed by atoms with van der Waals surface area (Å²) >= 11 is 0. The van der Waals surface area contributed by atoms with Gasteiger partial charge in [-0.1, -0.05) is 25.0 Å². The summed E-state index contributed by atoms with van der Waals surface area (Å²) in [7, 11) is 0. The minimum Gasteiger partial charge on any atom is -0.466 e. The zero-order valence-corrected chi connectivity index (χ0v) is 11.9. The molecule has 1 aromatic carbocycles. The van der Waals surface area contributed by atoms with E-state index in [9.17, 15) is 14.0 Å². The number of carbonyl (C=O) groups excluding carboxylic acids is 2. The Kier molecular flexibility index (Phi) is 7.55. The first kappa shape index (κ1) is 16.3. The quantitative estimate of drug-likeness (QED) is 0.391. The topological polar surface area (TPSA) is 43.4 Å². The summed E-state index contributed by atoms with van der Waals surface area (Å²) in [5.74, 6) is -0.580. The van der Waals surface area contributed by atoms with Crippen LogP contribution >= 0.6 is 0 Å². The van der Waals surface area contributed by atoms with Gasteiger partial charge in [0.2, 0.25) is 0 Å². The maximum absolute atomic E-state index is 13.0. The average Bonchev–Trinajstić information content (AvgIpc) is 2.42. The lowest BCUT2D eigenvalue weighted by Gasteiger charge is -2.03. The second-order valence-corrected chi connectivity index (χ2v) is 4.65. The van der Waals surface area contributed by atoms with Crippen LogP contribution in [0.1, 0.15) is 55.8 Å². The van der Waals surface area contributed by atoms with E-state index in [1.165, 1.54) is 12.1 Å². The fourth-order valence-corrected chi connectivity index (χ4v) is 1.95. The Bertz CT molecular complexity index is 443. The second kappa shape index (κ2) is 9.23. The molecular formula is C16H21FO3. The number of esters is 1. The number of hydrogen-bond acceptors (Lipinski definition) is 3. The fourth-order valence-electron chi connectivity index (χ4n) is 1.95. The molecule has 0 amide bonds. The first-order valence-electron chi connectivity index (χ1n) is 7.08. The Balaban J connectivity index is 2.12. The highest BCUT2D eigenvalue weighted by atomic mass is 19.1. The minimum atomic E-state index is -0.384. The maximum atomic E-state index is 13.0. The van der Waals surface area contributed by atoms with Crippen LogP contribution in [0.5, 0.6) is 0 Å². The van der Waals surface area contributed by atoms with Crippen molar-refractivity contribution in [3.05, 3.63) is 35.6 Å². The second-order valence-electron chi connectivity index (χ2n) is 4.65. The van der Waals surface area contributed by atoms with Gasteiger partial charge >= 0.3 is 5.97 Å². The largest absolute Gasteiger partial charge is 0.466 e. The van der Waals surface area contributed by atoms with Gasteiger partial charge in [-0.3, -0.25) is 9.59 Å². The van der Waals surface area contributed by atoms with Crippen molar-refractivity contribution in [3.8, 4) is 0 Å². The van der Waals surface area contributed by atoms with Gasteiger partial charge in [0.05, 0.1) is 6.61 Å². The van der Waals surface area contributed by atoms with Crippen molar-refractivity contribution < 1.29 is 18.7 Å². The molecule has 0 aliphatic carbocycles. The molecule has 0 N–H and O–H groups in total. The van der Waals surface area contributed by atoms with E-state index in [1.54, 1.807) is 19.1 Å². The predicted octanol–water partition coefficient (Wildman–Crippen LogP) is 3.91. The molecule has 0 atom stereocenters. The molecule has 0 spiro atoms. The van der Waals surface area contributed by atoms with Crippen LogP contribution in [0.25, 0.3) is 0 Å². The molecule has 0 heterocycles. The number of ketones is 1. The van der Waals surface area contributed by atoms with Crippen LogP contribution in [-0.4, -0.2) is 18.4 Å². The lowest BCUT2D eigenvalue weighted by molar-refractivity contribution is -0.143. The molecule has 110 valence electrons. The van der Waals surface area contributed by atoms with Crippen LogP contribution in [0.4, 0.5) is 4.39 Å². The van der Waals surface area contributed by atoms with Crippen molar-refractivity contribution in [3.63, 3.8) is 0 Å². The van der Waals surface area contributed by atoms with Gasteiger partial charge in [-0.05, 0) is 31.9 Å². The van der Waals surface area contributed by atoms with Gasteiger partial charge in [0, 0.05) is 18.4 Å². The molecule has 4 heteroatoms. The van der Waals surface area contributed by atoms with E-state index >= 15 is 0 Å². The SMILES string of the molecule is CCOC(=O)CCCCCCC(=O)c1cccc(F)c1. The molecule has 0 saturated heterocycles. The lowest BCUT2D eigenvalue weighted by atomic mass is 10.0. The number of rotatable bonds is 9. The summed E-state index contributed by atoms with van der Waals surface area (Å²) in [6.45, 7) is 2.21. The third kappa shape index (κ3) is 6.45. The van der Waals surface area contributed by atoms with Crippen molar-refractivity contribution >= 4 is 11.8 Å². The molecule has 3 nitrogen and oxygen atoms in total. The number of benzene rings is 1. The number of ether oxygens (including phenoxy) is 1. The molecule has 0 radical (unpaired) electrons. The molecule has 0 fully saturated rings. The Morgan fingerprint density at radius 1 is 1.10 bits per heavy atom. The van der Waals surface area contributed by atoms with E-state index in [4.69, 9.17) is 4.74 Å². The van der Waals surface area contributed by atoms with Gasteiger partial charge in [0.1, 0.15) is 5.82 Å². The van der Waals surface area contributed by atoms with Crippen molar-refractivity contribution in [2.45, 2.75) is 45.4 Å². The number of unbranched alkanes of at least 4 members (excludes halogenated alkanes) is 3. The first-order chi connectivity index (χ1) is 9.63. The number of Topliss-reactive ketones (excluding diaryl/α,β-unsaturated/α-hetero) is 1. The standard InChI is InChI=1S/C16H21FO3/c1-2-20-16(19)11-6-4-3-5-10-15(18)13-8-7-9-14(17)12-13/h7-9,12H,2-6,10-11H2,1H3. The first-order valence-corrected chi connectivity index (χ1v) is 7.08. The zero-order chi connectivity index (χ0) is 14.8. The number of carbonyl (C=O) groups is 2. The summed E-state index contributed by atoms with van der Waals surface area (Å²) in [5, 5.41) is 0. The van der Waals surface area contributed by atoms with E-state index in [2.05, 4.69) is 0 Å². The molecule has 0 bridgehead atoms. The van der Waals surface area contributed by atoms with Crippen LogP contribution in [0.3, 0.4) is 0 Å². The van der Waals surface area contributed by atoms with Gasteiger partial charge in [-0.25, -0.2) is 4.39 Å². The van der Waals surface area contributed by atoms with Gasteiger partial charge in [0.25, 0.3) is 0 Å². The van der Waals surface area contributed by atoms with Crippen LogP contribution in [-0.2, 0) is 9.53 Å². The van der Waals surface area contributed by atoms with Crippen LogP contribution in [0.2, 0.25) is 0 Å². The molecule has 1 aromatic rings.